The molecule has 0 aliphatic heterocycles. The number of thiophene rings is 1. The Morgan fingerprint density at radius 3 is 2.88 bits per heavy atom. The van der Waals surface area contributed by atoms with Crippen molar-refractivity contribution in [3.8, 4) is 5.75 Å². The average molecular weight is 311 g/mol. The molecule has 0 aliphatic carbocycles. The molecule has 0 N–H and O–H groups in total. The fraction of sp³-hybridized carbons (Fsp3) is 0.154. The molecule has 0 atom stereocenters. The summed E-state index contributed by atoms with van der Waals surface area (Å²) < 4.78 is 6.00. The van der Waals surface area contributed by atoms with Gasteiger partial charge in [-0.1, -0.05) is 12.1 Å². The van der Waals surface area contributed by atoms with Crippen LogP contribution in [0.1, 0.15) is 15.9 Å². The number of carbonyl (C=O) groups excluding carboxylic acids is 1. The van der Waals surface area contributed by atoms with Crippen LogP contribution in [0.15, 0.2) is 39.5 Å². The number of rotatable bonds is 4. The number of hydrogen-bond acceptors (Lipinski definition) is 3. The first-order chi connectivity index (χ1) is 8.20. The molecule has 2 rings (SSSR count). The van der Waals surface area contributed by atoms with Crippen molar-refractivity contribution in [2.75, 3.05) is 7.11 Å². The maximum absolute atomic E-state index is 12.0. The van der Waals surface area contributed by atoms with Crippen LogP contribution in [0.5, 0.6) is 5.75 Å². The Labute approximate surface area is 112 Å². The van der Waals surface area contributed by atoms with Gasteiger partial charge in [0.1, 0.15) is 5.75 Å². The zero-order valence-corrected chi connectivity index (χ0v) is 11.7. The minimum Gasteiger partial charge on any atom is -0.497 e. The Balaban J connectivity index is 2.16. The van der Waals surface area contributed by atoms with Crippen molar-refractivity contribution in [2.24, 2.45) is 0 Å². The summed E-state index contributed by atoms with van der Waals surface area (Å²) in [4.78, 5) is 12.0. The maximum atomic E-state index is 12.0. The van der Waals surface area contributed by atoms with Crippen LogP contribution >= 0.6 is 27.3 Å². The van der Waals surface area contributed by atoms with Crippen LogP contribution in [0.25, 0.3) is 0 Å². The molecule has 0 unspecified atom stereocenters. The first-order valence-electron chi connectivity index (χ1n) is 5.08. The van der Waals surface area contributed by atoms with E-state index in [9.17, 15) is 4.79 Å². The molecule has 2 nitrogen and oxygen atoms in total. The van der Waals surface area contributed by atoms with Crippen molar-refractivity contribution in [3.63, 3.8) is 0 Å². The third-order valence-corrected chi connectivity index (χ3v) is 4.12. The Morgan fingerprint density at radius 2 is 2.24 bits per heavy atom. The number of benzene rings is 1. The van der Waals surface area contributed by atoms with E-state index in [4.69, 9.17) is 4.74 Å². The lowest BCUT2D eigenvalue weighted by Crippen LogP contribution is -2.02. The molecule has 2 aromatic rings. The van der Waals surface area contributed by atoms with Gasteiger partial charge in [-0.15, -0.1) is 0 Å². The van der Waals surface area contributed by atoms with E-state index >= 15 is 0 Å². The number of hydrogen-bond donors (Lipinski definition) is 0. The monoisotopic (exact) mass is 310 g/mol. The fourth-order valence-corrected chi connectivity index (χ4v) is 3.06. The molecule has 0 radical (unpaired) electrons. The van der Waals surface area contributed by atoms with Gasteiger partial charge in [-0.2, -0.15) is 11.3 Å². The van der Waals surface area contributed by atoms with Crippen molar-refractivity contribution in [3.05, 3.63) is 50.6 Å². The van der Waals surface area contributed by atoms with Crippen LogP contribution in [-0.4, -0.2) is 12.9 Å². The van der Waals surface area contributed by atoms with Gasteiger partial charge in [-0.05, 0) is 33.6 Å². The molecule has 0 spiro atoms. The van der Waals surface area contributed by atoms with Crippen LogP contribution in [0.2, 0.25) is 0 Å². The Hall–Kier alpha value is -1.13. The van der Waals surface area contributed by atoms with Crippen molar-refractivity contribution in [1.82, 2.24) is 0 Å². The Kier molecular flexibility index (Phi) is 3.97. The van der Waals surface area contributed by atoms with E-state index in [-0.39, 0.29) is 5.78 Å². The SMILES string of the molecule is COc1cccc(CC(=O)c2cscc2Br)c1. The van der Waals surface area contributed by atoms with Crippen LogP contribution in [0, 0.1) is 0 Å². The summed E-state index contributed by atoms with van der Waals surface area (Å²) in [5.41, 5.74) is 1.71. The van der Waals surface area contributed by atoms with Gasteiger partial charge in [0.05, 0.1) is 7.11 Å². The Bertz CT molecular complexity index is 534. The summed E-state index contributed by atoms with van der Waals surface area (Å²) in [6.45, 7) is 0. The van der Waals surface area contributed by atoms with E-state index < -0.39 is 0 Å². The summed E-state index contributed by atoms with van der Waals surface area (Å²) in [5.74, 6) is 0.895. The molecule has 4 heteroatoms. The first kappa shape index (κ1) is 12.3. The van der Waals surface area contributed by atoms with Crippen LogP contribution in [0.4, 0.5) is 0 Å². The lowest BCUT2D eigenvalue weighted by atomic mass is 10.1. The summed E-state index contributed by atoms with van der Waals surface area (Å²) in [6, 6.07) is 7.58. The molecule has 0 aliphatic rings. The molecule has 1 aromatic carbocycles. The topological polar surface area (TPSA) is 26.3 Å². The predicted octanol–water partition coefficient (Wildman–Crippen LogP) is 3.94. The molecule has 1 aromatic heterocycles. The van der Waals surface area contributed by atoms with Crippen LogP contribution in [-0.2, 0) is 6.42 Å². The third-order valence-electron chi connectivity index (χ3n) is 2.41. The Morgan fingerprint density at radius 1 is 1.41 bits per heavy atom. The van der Waals surface area contributed by atoms with E-state index in [2.05, 4.69) is 15.9 Å². The molecule has 88 valence electrons. The maximum Gasteiger partial charge on any atom is 0.169 e. The van der Waals surface area contributed by atoms with Crippen molar-refractivity contribution >= 4 is 33.0 Å². The van der Waals surface area contributed by atoms with Gasteiger partial charge in [-0.25, -0.2) is 0 Å². The summed E-state index contributed by atoms with van der Waals surface area (Å²) in [6.07, 6.45) is 0.395. The molecule has 0 saturated heterocycles. The highest BCUT2D eigenvalue weighted by molar-refractivity contribution is 9.10. The fourth-order valence-electron chi connectivity index (χ4n) is 1.54. The second kappa shape index (κ2) is 5.47. The molecule has 1 heterocycles. The molecule has 0 bridgehead atoms. The van der Waals surface area contributed by atoms with Gasteiger partial charge in [0.15, 0.2) is 5.78 Å². The van der Waals surface area contributed by atoms with Gasteiger partial charge in [0, 0.05) is 27.2 Å². The normalized spacial score (nSPS) is 10.2. The van der Waals surface area contributed by atoms with E-state index in [0.29, 0.717) is 6.42 Å². The largest absolute Gasteiger partial charge is 0.497 e. The standard InChI is InChI=1S/C13H11BrO2S/c1-16-10-4-2-3-9(5-10)6-13(15)11-7-17-8-12(11)14/h2-5,7-8H,6H2,1H3. The van der Waals surface area contributed by atoms with Crippen molar-refractivity contribution in [1.29, 1.82) is 0 Å². The van der Waals surface area contributed by atoms with E-state index in [1.54, 1.807) is 7.11 Å². The third kappa shape index (κ3) is 2.96. The minimum atomic E-state index is 0.117. The molecular weight excluding hydrogens is 300 g/mol. The highest BCUT2D eigenvalue weighted by Gasteiger charge is 2.11. The molecular formula is C13H11BrO2S. The molecule has 0 amide bonds. The predicted molar refractivity (Wildman–Crippen MR) is 73.0 cm³/mol. The lowest BCUT2D eigenvalue weighted by Gasteiger charge is -2.03. The molecule has 0 fully saturated rings. The van der Waals surface area contributed by atoms with Gasteiger partial charge >= 0.3 is 0 Å². The number of carbonyl (C=O) groups is 1. The number of ether oxygens (including phenoxy) is 1. The van der Waals surface area contributed by atoms with Crippen molar-refractivity contribution < 1.29 is 9.53 Å². The first-order valence-corrected chi connectivity index (χ1v) is 6.82. The second-order valence-electron chi connectivity index (χ2n) is 3.58. The summed E-state index contributed by atoms with van der Waals surface area (Å²) >= 11 is 4.89. The molecule has 17 heavy (non-hydrogen) atoms. The number of methoxy groups -OCH3 is 1. The van der Waals surface area contributed by atoms with Crippen LogP contribution in [0.3, 0.4) is 0 Å². The van der Waals surface area contributed by atoms with Gasteiger partial charge in [0.25, 0.3) is 0 Å². The second-order valence-corrected chi connectivity index (χ2v) is 5.18. The quantitative estimate of drug-likeness (QED) is 0.799. The zero-order chi connectivity index (χ0) is 12.3. The highest BCUT2D eigenvalue weighted by Crippen LogP contribution is 2.23. The van der Waals surface area contributed by atoms with E-state index in [1.807, 2.05) is 35.0 Å². The summed E-state index contributed by atoms with van der Waals surface area (Å²) in [5, 5.41) is 3.78. The van der Waals surface area contributed by atoms with Crippen molar-refractivity contribution in [2.45, 2.75) is 6.42 Å². The number of halogens is 1. The van der Waals surface area contributed by atoms with Gasteiger partial charge in [0.2, 0.25) is 0 Å². The average Bonchev–Trinajstić information content (AvgIpc) is 2.76. The lowest BCUT2D eigenvalue weighted by molar-refractivity contribution is 0.0992. The smallest absolute Gasteiger partial charge is 0.169 e. The molecule has 0 saturated carbocycles. The van der Waals surface area contributed by atoms with Gasteiger partial charge < -0.3 is 4.74 Å². The zero-order valence-electron chi connectivity index (χ0n) is 9.27. The number of ketones is 1. The van der Waals surface area contributed by atoms with Gasteiger partial charge in [-0.3, -0.25) is 4.79 Å². The van der Waals surface area contributed by atoms with Crippen LogP contribution < -0.4 is 4.74 Å². The minimum absolute atomic E-state index is 0.117. The van der Waals surface area contributed by atoms with E-state index in [1.165, 1.54) is 11.3 Å². The number of Topliss-reactive ketones (excluding diaryl/α,β-unsaturated/α-hetero) is 1. The van der Waals surface area contributed by atoms with E-state index in [0.717, 1.165) is 21.3 Å². The highest BCUT2D eigenvalue weighted by atomic mass is 79.9. The summed E-state index contributed by atoms with van der Waals surface area (Å²) in [7, 11) is 1.62.